The number of alkyl halides is 3. The number of halogens is 3. The second kappa shape index (κ2) is 5.21. The van der Waals surface area contributed by atoms with Gasteiger partial charge in [0, 0.05) is 36.7 Å². The molecule has 1 atom stereocenters. The molecule has 1 amide bonds. The monoisotopic (exact) mass is 309 g/mol. The third-order valence-electron chi connectivity index (χ3n) is 3.74. The molecule has 0 aromatic carbocycles. The van der Waals surface area contributed by atoms with Crippen molar-refractivity contribution in [3.63, 3.8) is 0 Å². The molecule has 0 N–H and O–H groups in total. The molecule has 2 aliphatic rings. The first-order valence-electron chi connectivity index (χ1n) is 6.29. The highest BCUT2D eigenvalue weighted by Gasteiger charge is 2.39. The van der Waals surface area contributed by atoms with Crippen molar-refractivity contribution in [1.82, 2.24) is 4.90 Å². The highest BCUT2D eigenvalue weighted by atomic mass is 79.9. The molecule has 0 spiro atoms. The minimum Gasteiger partial charge on any atom is -0.341 e. The lowest BCUT2D eigenvalue weighted by molar-refractivity contribution is -0.140. The van der Waals surface area contributed by atoms with Crippen molar-refractivity contribution >= 4 is 21.8 Å². The Bertz CT molecular complexity index is 288. The first-order chi connectivity index (χ1) is 7.98. The maximum absolute atomic E-state index is 13.0. The third kappa shape index (κ3) is 3.39. The maximum Gasteiger partial charge on any atom is 0.248 e. The van der Waals surface area contributed by atoms with E-state index in [1.165, 1.54) is 0 Å². The van der Waals surface area contributed by atoms with Crippen LogP contribution in [0.1, 0.15) is 38.5 Å². The largest absolute Gasteiger partial charge is 0.341 e. The van der Waals surface area contributed by atoms with Gasteiger partial charge in [-0.2, -0.15) is 0 Å². The molecule has 1 saturated heterocycles. The van der Waals surface area contributed by atoms with Gasteiger partial charge in [0.15, 0.2) is 0 Å². The second-order valence-corrected chi connectivity index (χ2v) is 6.45. The van der Waals surface area contributed by atoms with Crippen molar-refractivity contribution < 1.29 is 13.6 Å². The zero-order valence-electron chi connectivity index (χ0n) is 9.80. The summed E-state index contributed by atoms with van der Waals surface area (Å²) >= 11 is 3.53. The predicted octanol–water partition coefficient (Wildman–Crippen LogP) is 3.20. The molecule has 2 rings (SSSR count). The van der Waals surface area contributed by atoms with Crippen LogP contribution in [0.15, 0.2) is 0 Å². The quantitative estimate of drug-likeness (QED) is 0.681. The normalized spacial score (nSPS) is 30.3. The molecule has 0 bridgehead atoms. The molecule has 98 valence electrons. The Hall–Kier alpha value is -0.190. The first-order valence-corrected chi connectivity index (χ1v) is 7.20. The molecule has 0 aromatic heterocycles. The van der Waals surface area contributed by atoms with Gasteiger partial charge < -0.3 is 4.90 Å². The molecular formula is C12H18BrF2NO. The van der Waals surface area contributed by atoms with Crippen LogP contribution in [0.2, 0.25) is 0 Å². The summed E-state index contributed by atoms with van der Waals surface area (Å²) in [5, 5.41) is 0. The van der Waals surface area contributed by atoms with E-state index in [4.69, 9.17) is 0 Å². The highest BCUT2D eigenvalue weighted by molar-refractivity contribution is 9.09. The Morgan fingerprint density at radius 2 is 1.88 bits per heavy atom. The molecule has 1 heterocycles. The number of carbonyl (C=O) groups is 1. The van der Waals surface area contributed by atoms with E-state index in [0.29, 0.717) is 17.7 Å². The number of hydrogen-bond donors (Lipinski definition) is 0. The Morgan fingerprint density at radius 3 is 2.47 bits per heavy atom. The minimum absolute atomic E-state index is 0.0876. The van der Waals surface area contributed by atoms with Crippen LogP contribution in [-0.4, -0.2) is 34.6 Å². The zero-order valence-corrected chi connectivity index (χ0v) is 11.4. The van der Waals surface area contributed by atoms with Crippen LogP contribution in [0.4, 0.5) is 8.78 Å². The average molecular weight is 310 g/mol. The number of amides is 1. The molecule has 0 aromatic rings. The van der Waals surface area contributed by atoms with Gasteiger partial charge in [-0.05, 0) is 25.7 Å². The number of rotatable bonds is 1. The molecule has 17 heavy (non-hydrogen) atoms. The fourth-order valence-corrected chi connectivity index (χ4v) is 3.34. The maximum atomic E-state index is 13.0. The van der Waals surface area contributed by atoms with Crippen molar-refractivity contribution in [2.24, 2.45) is 5.92 Å². The molecule has 5 heteroatoms. The summed E-state index contributed by atoms with van der Waals surface area (Å²) in [6, 6.07) is 0. The lowest BCUT2D eigenvalue weighted by Gasteiger charge is -2.35. The van der Waals surface area contributed by atoms with E-state index in [2.05, 4.69) is 15.9 Å². The van der Waals surface area contributed by atoms with E-state index in [0.717, 1.165) is 25.9 Å². The molecule has 1 saturated carbocycles. The van der Waals surface area contributed by atoms with Crippen LogP contribution in [0.25, 0.3) is 0 Å². The van der Waals surface area contributed by atoms with Gasteiger partial charge in [-0.15, -0.1) is 0 Å². The van der Waals surface area contributed by atoms with Crippen LogP contribution in [0, 0.1) is 5.92 Å². The summed E-state index contributed by atoms with van der Waals surface area (Å²) in [7, 11) is 0. The third-order valence-corrected chi connectivity index (χ3v) is 4.49. The van der Waals surface area contributed by atoms with Crippen molar-refractivity contribution in [1.29, 1.82) is 0 Å². The summed E-state index contributed by atoms with van der Waals surface area (Å²) in [6.45, 7) is 1.51. The zero-order chi connectivity index (χ0) is 12.5. The average Bonchev–Trinajstić information content (AvgIpc) is 2.28. The highest BCUT2D eigenvalue weighted by Crippen LogP contribution is 2.37. The fourth-order valence-electron chi connectivity index (χ4n) is 2.67. The van der Waals surface area contributed by atoms with E-state index in [1.807, 2.05) is 4.90 Å². The van der Waals surface area contributed by atoms with E-state index in [1.54, 1.807) is 0 Å². The summed E-state index contributed by atoms with van der Waals surface area (Å²) in [5.74, 6) is -2.63. The Morgan fingerprint density at radius 1 is 1.24 bits per heavy atom. The lowest BCUT2D eigenvalue weighted by Crippen LogP contribution is -2.44. The summed E-state index contributed by atoms with van der Waals surface area (Å²) in [4.78, 5) is 14.4. The van der Waals surface area contributed by atoms with E-state index in [-0.39, 0.29) is 24.7 Å². The van der Waals surface area contributed by atoms with Gasteiger partial charge in [-0.1, -0.05) is 15.9 Å². The van der Waals surface area contributed by atoms with Gasteiger partial charge in [-0.25, -0.2) is 8.78 Å². The van der Waals surface area contributed by atoms with Crippen LogP contribution >= 0.6 is 15.9 Å². The Labute approximate surface area is 109 Å². The van der Waals surface area contributed by atoms with Crippen LogP contribution in [0.3, 0.4) is 0 Å². The Kier molecular flexibility index (Phi) is 4.06. The molecule has 0 radical (unpaired) electrons. The van der Waals surface area contributed by atoms with Gasteiger partial charge in [0.2, 0.25) is 11.8 Å². The van der Waals surface area contributed by atoms with Crippen LogP contribution in [-0.2, 0) is 4.79 Å². The standard InChI is InChI=1S/C12H18BrF2NO/c13-10-2-1-7-16(8-10)11(17)9-3-5-12(14,15)6-4-9/h9-10H,1-8H2. The molecule has 1 aliphatic carbocycles. The number of likely N-dealkylation sites (tertiary alicyclic amines) is 1. The SMILES string of the molecule is O=C(C1CCC(F)(F)CC1)N1CCCC(Br)C1. The van der Waals surface area contributed by atoms with Gasteiger partial charge in [-0.3, -0.25) is 4.79 Å². The smallest absolute Gasteiger partial charge is 0.248 e. The predicted molar refractivity (Wildman–Crippen MR) is 65.4 cm³/mol. The molecule has 2 nitrogen and oxygen atoms in total. The van der Waals surface area contributed by atoms with E-state index < -0.39 is 5.92 Å². The van der Waals surface area contributed by atoms with Crippen molar-refractivity contribution in [3.8, 4) is 0 Å². The van der Waals surface area contributed by atoms with Crippen molar-refractivity contribution in [2.75, 3.05) is 13.1 Å². The summed E-state index contributed by atoms with van der Waals surface area (Å²) in [6.07, 6.45) is 2.52. The van der Waals surface area contributed by atoms with Crippen LogP contribution in [0.5, 0.6) is 0 Å². The number of nitrogens with zero attached hydrogens (tertiary/aromatic N) is 1. The fraction of sp³-hybridized carbons (Fsp3) is 0.917. The lowest BCUT2D eigenvalue weighted by atomic mass is 9.85. The van der Waals surface area contributed by atoms with Gasteiger partial charge in [0.05, 0.1) is 0 Å². The molecule has 1 unspecified atom stereocenters. The van der Waals surface area contributed by atoms with Gasteiger partial charge in [0.25, 0.3) is 0 Å². The summed E-state index contributed by atoms with van der Waals surface area (Å²) < 4.78 is 26.0. The molecule has 1 aliphatic heterocycles. The van der Waals surface area contributed by atoms with Crippen molar-refractivity contribution in [2.45, 2.75) is 49.3 Å². The van der Waals surface area contributed by atoms with Crippen LogP contribution < -0.4 is 0 Å². The van der Waals surface area contributed by atoms with Crippen molar-refractivity contribution in [3.05, 3.63) is 0 Å². The number of piperidine rings is 1. The number of hydrogen-bond acceptors (Lipinski definition) is 1. The topological polar surface area (TPSA) is 20.3 Å². The Balaban J connectivity index is 1.88. The van der Waals surface area contributed by atoms with E-state index >= 15 is 0 Å². The molecular weight excluding hydrogens is 292 g/mol. The minimum atomic E-state index is -2.55. The number of carbonyl (C=O) groups excluding carboxylic acids is 1. The first kappa shape index (κ1) is 13.2. The molecule has 2 fully saturated rings. The van der Waals surface area contributed by atoms with E-state index in [9.17, 15) is 13.6 Å². The second-order valence-electron chi connectivity index (χ2n) is 5.15. The van der Waals surface area contributed by atoms with Gasteiger partial charge in [0.1, 0.15) is 0 Å². The van der Waals surface area contributed by atoms with Gasteiger partial charge >= 0.3 is 0 Å². The summed E-state index contributed by atoms with van der Waals surface area (Å²) in [5.41, 5.74) is 0.